The fourth-order valence-corrected chi connectivity index (χ4v) is 3.25. The van der Waals surface area contributed by atoms with Crippen molar-refractivity contribution in [1.82, 2.24) is 20.3 Å². The van der Waals surface area contributed by atoms with Gasteiger partial charge in [-0.2, -0.15) is 0 Å². The molecule has 0 aromatic carbocycles. The molecule has 1 atom stereocenters. The molecule has 2 aromatic rings. The van der Waals surface area contributed by atoms with Crippen LogP contribution in [0, 0.1) is 0 Å². The van der Waals surface area contributed by atoms with E-state index in [0.717, 1.165) is 12.8 Å². The summed E-state index contributed by atoms with van der Waals surface area (Å²) in [7, 11) is 0. The molecule has 22 heavy (non-hydrogen) atoms. The smallest absolute Gasteiger partial charge is 0.271 e. The molecule has 2 aromatic heterocycles. The number of rotatable bonds is 4. The number of hydrogen-bond acceptors (Lipinski definition) is 5. The number of amides is 1. The largest absolute Gasteiger partial charge is 0.344 e. The molecule has 0 spiro atoms. The zero-order valence-corrected chi connectivity index (χ0v) is 13.3. The fraction of sp³-hybridized carbons (Fsp3) is 0.375. The molecule has 0 radical (unpaired) electrons. The summed E-state index contributed by atoms with van der Waals surface area (Å²) < 4.78 is 0. The molecule has 0 fully saturated rings. The first-order valence-electron chi connectivity index (χ1n) is 7.47. The minimum Gasteiger partial charge on any atom is -0.344 e. The Hall–Kier alpha value is -2.08. The first-order chi connectivity index (χ1) is 10.7. The van der Waals surface area contributed by atoms with Gasteiger partial charge in [0.2, 0.25) is 0 Å². The number of nitrogens with zero attached hydrogens (tertiary/aromatic N) is 3. The van der Waals surface area contributed by atoms with E-state index in [4.69, 9.17) is 0 Å². The number of nitrogens with one attached hydrogen (secondary N) is 1. The fourth-order valence-electron chi connectivity index (χ4n) is 2.51. The average Bonchev–Trinajstić information content (AvgIpc) is 3.06. The number of allylic oxidation sites excluding steroid dienone is 1. The van der Waals surface area contributed by atoms with Gasteiger partial charge in [-0.3, -0.25) is 4.79 Å². The summed E-state index contributed by atoms with van der Waals surface area (Å²) >= 11 is 1.38. The minimum absolute atomic E-state index is 0.0610. The Morgan fingerprint density at radius 1 is 1.32 bits per heavy atom. The molecule has 3 rings (SSSR count). The van der Waals surface area contributed by atoms with E-state index >= 15 is 0 Å². The third-order valence-corrected chi connectivity index (χ3v) is 4.56. The Balaban J connectivity index is 1.68. The maximum atomic E-state index is 12.3. The molecule has 0 aliphatic heterocycles. The third kappa shape index (κ3) is 3.39. The predicted molar refractivity (Wildman–Crippen MR) is 86.6 cm³/mol. The average molecular weight is 314 g/mol. The third-order valence-electron chi connectivity index (χ3n) is 3.72. The van der Waals surface area contributed by atoms with Crippen molar-refractivity contribution in [3.8, 4) is 10.8 Å². The second-order valence-electron chi connectivity index (χ2n) is 5.33. The van der Waals surface area contributed by atoms with Gasteiger partial charge in [0.05, 0.1) is 0 Å². The monoisotopic (exact) mass is 314 g/mol. The number of hydrogen-bond donors (Lipinski definition) is 1. The summed E-state index contributed by atoms with van der Waals surface area (Å²) in [5, 5.41) is 5.44. The van der Waals surface area contributed by atoms with Crippen molar-refractivity contribution in [2.24, 2.45) is 0 Å². The molecular formula is C16H18N4OS. The highest BCUT2D eigenvalue weighted by Crippen LogP contribution is 2.22. The predicted octanol–water partition coefficient (Wildman–Crippen LogP) is 3.22. The molecular weight excluding hydrogens is 296 g/mol. The van der Waals surface area contributed by atoms with E-state index in [-0.39, 0.29) is 11.9 Å². The van der Waals surface area contributed by atoms with Crippen molar-refractivity contribution in [3.05, 3.63) is 41.2 Å². The van der Waals surface area contributed by atoms with Crippen LogP contribution in [-0.4, -0.2) is 26.9 Å². The molecule has 0 saturated carbocycles. The van der Waals surface area contributed by atoms with Crippen molar-refractivity contribution >= 4 is 17.2 Å². The van der Waals surface area contributed by atoms with Crippen molar-refractivity contribution in [2.45, 2.75) is 38.6 Å². The maximum absolute atomic E-state index is 12.3. The molecule has 1 amide bonds. The summed E-state index contributed by atoms with van der Waals surface area (Å²) in [4.78, 5) is 25.0. The van der Waals surface area contributed by atoms with Crippen molar-refractivity contribution in [3.63, 3.8) is 0 Å². The zero-order chi connectivity index (χ0) is 15.4. The summed E-state index contributed by atoms with van der Waals surface area (Å²) in [5.74, 6) is 0.409. The van der Waals surface area contributed by atoms with Gasteiger partial charge in [-0.05, 0) is 38.7 Å². The first kappa shape index (κ1) is 14.8. The lowest BCUT2D eigenvalue weighted by molar-refractivity contribution is 0.0940. The van der Waals surface area contributed by atoms with Crippen LogP contribution in [0.5, 0.6) is 0 Å². The topological polar surface area (TPSA) is 67.8 Å². The van der Waals surface area contributed by atoms with Crippen LogP contribution < -0.4 is 5.32 Å². The normalized spacial score (nSPS) is 16.0. The molecule has 114 valence electrons. The molecule has 0 saturated heterocycles. The van der Waals surface area contributed by atoms with Crippen molar-refractivity contribution in [1.29, 1.82) is 0 Å². The van der Waals surface area contributed by atoms with E-state index in [9.17, 15) is 4.79 Å². The second kappa shape index (κ2) is 6.79. The summed E-state index contributed by atoms with van der Waals surface area (Å²) in [6.07, 6.45) is 10.2. The quantitative estimate of drug-likeness (QED) is 0.880. The van der Waals surface area contributed by atoms with Crippen LogP contribution in [0.4, 0.5) is 0 Å². The van der Waals surface area contributed by atoms with Gasteiger partial charge in [0.25, 0.3) is 5.91 Å². The Bertz CT molecular complexity index is 680. The van der Waals surface area contributed by atoms with Crippen LogP contribution >= 0.6 is 11.3 Å². The van der Waals surface area contributed by atoms with Gasteiger partial charge < -0.3 is 5.32 Å². The number of carbonyl (C=O) groups is 1. The van der Waals surface area contributed by atoms with Gasteiger partial charge in [0, 0.05) is 23.8 Å². The number of thiazole rings is 1. The molecule has 1 aliphatic rings. The summed E-state index contributed by atoms with van der Waals surface area (Å²) in [6, 6.07) is 1.82. The molecule has 0 unspecified atom stereocenters. The lowest BCUT2D eigenvalue weighted by Crippen LogP contribution is -2.34. The van der Waals surface area contributed by atoms with E-state index < -0.39 is 0 Å². The highest BCUT2D eigenvalue weighted by atomic mass is 32.1. The van der Waals surface area contributed by atoms with E-state index in [0.29, 0.717) is 16.5 Å². The Labute approximate surface area is 133 Å². The second-order valence-corrected chi connectivity index (χ2v) is 6.19. The van der Waals surface area contributed by atoms with Crippen LogP contribution in [0.25, 0.3) is 10.8 Å². The van der Waals surface area contributed by atoms with Crippen LogP contribution in [0.2, 0.25) is 0 Å². The van der Waals surface area contributed by atoms with Gasteiger partial charge in [0.15, 0.2) is 10.8 Å². The zero-order valence-electron chi connectivity index (χ0n) is 12.5. The van der Waals surface area contributed by atoms with Crippen LogP contribution in [0.1, 0.15) is 43.1 Å². The van der Waals surface area contributed by atoms with Crippen LogP contribution in [0.3, 0.4) is 0 Å². The Morgan fingerprint density at radius 3 is 2.86 bits per heavy atom. The van der Waals surface area contributed by atoms with Crippen molar-refractivity contribution < 1.29 is 4.79 Å². The molecule has 0 bridgehead atoms. The molecule has 1 N–H and O–H groups in total. The van der Waals surface area contributed by atoms with Crippen LogP contribution in [-0.2, 0) is 0 Å². The molecule has 2 heterocycles. The lowest BCUT2D eigenvalue weighted by Gasteiger charge is -2.20. The van der Waals surface area contributed by atoms with Gasteiger partial charge in [-0.1, -0.05) is 11.6 Å². The van der Waals surface area contributed by atoms with Crippen LogP contribution in [0.15, 0.2) is 35.5 Å². The van der Waals surface area contributed by atoms with E-state index in [1.165, 1.54) is 29.8 Å². The van der Waals surface area contributed by atoms with Gasteiger partial charge in [-0.15, -0.1) is 11.3 Å². The van der Waals surface area contributed by atoms with E-state index in [1.54, 1.807) is 23.8 Å². The highest BCUT2D eigenvalue weighted by Gasteiger charge is 2.18. The number of aromatic nitrogens is 3. The molecule has 1 aliphatic carbocycles. The Morgan fingerprint density at radius 2 is 2.14 bits per heavy atom. The lowest BCUT2D eigenvalue weighted by atomic mass is 9.95. The first-order valence-corrected chi connectivity index (χ1v) is 8.34. The minimum atomic E-state index is -0.141. The van der Waals surface area contributed by atoms with Crippen molar-refractivity contribution in [2.75, 3.05) is 0 Å². The summed E-state index contributed by atoms with van der Waals surface area (Å²) in [6.45, 7) is 2.03. The Kier molecular flexibility index (Phi) is 4.58. The number of carbonyl (C=O) groups excluding carboxylic acids is 1. The summed E-state index contributed by atoms with van der Waals surface area (Å²) in [5.41, 5.74) is 1.75. The molecule has 5 nitrogen and oxygen atoms in total. The highest BCUT2D eigenvalue weighted by molar-refractivity contribution is 7.13. The SMILES string of the molecule is C[C@@H](NC(=O)c1csc(-c2ncccn2)n1)C1=CCCCC1. The maximum Gasteiger partial charge on any atom is 0.271 e. The van der Waals surface area contributed by atoms with E-state index in [1.807, 2.05) is 6.92 Å². The van der Waals surface area contributed by atoms with Gasteiger partial charge in [0.1, 0.15) is 5.69 Å². The standard InChI is InChI=1S/C16H18N4OS/c1-11(12-6-3-2-4-7-12)19-15(21)13-10-22-16(20-13)14-17-8-5-9-18-14/h5-6,8-11H,2-4,7H2,1H3,(H,19,21)/t11-/m1/s1. The van der Waals surface area contributed by atoms with Gasteiger partial charge in [-0.25, -0.2) is 15.0 Å². The molecule has 6 heteroatoms. The van der Waals surface area contributed by atoms with E-state index in [2.05, 4.69) is 26.3 Å². The van der Waals surface area contributed by atoms with Gasteiger partial charge >= 0.3 is 0 Å².